The number of piperazine rings is 1. The molecule has 1 aliphatic heterocycles. The largest absolute Gasteiger partial charge is 0.314 e. The van der Waals surface area contributed by atoms with Gasteiger partial charge >= 0.3 is 0 Å². The number of halogens is 1. The van der Waals surface area contributed by atoms with Crippen LogP contribution in [0.5, 0.6) is 0 Å². The monoisotopic (exact) mass is 233 g/mol. The maximum atomic E-state index is 13.6. The Morgan fingerprint density at radius 3 is 3.12 bits per heavy atom. The lowest BCUT2D eigenvalue weighted by Gasteiger charge is -2.33. The maximum Gasteiger partial charge on any atom is 0.127 e. The Kier molecular flexibility index (Phi) is 3.72. The quantitative estimate of drug-likeness (QED) is 0.841. The van der Waals surface area contributed by atoms with E-state index in [1.54, 1.807) is 6.07 Å². The molecule has 4 heteroatoms. The van der Waals surface area contributed by atoms with Crippen LogP contribution in [0.1, 0.15) is 18.1 Å². The van der Waals surface area contributed by atoms with E-state index in [2.05, 4.69) is 17.1 Å². The van der Waals surface area contributed by atoms with E-state index in [1.165, 1.54) is 12.1 Å². The van der Waals surface area contributed by atoms with Gasteiger partial charge in [0.2, 0.25) is 0 Å². The minimum absolute atomic E-state index is 0.227. The molecule has 1 aliphatic rings. The van der Waals surface area contributed by atoms with Gasteiger partial charge in [0.25, 0.3) is 0 Å². The Hall–Kier alpha value is -1.44. The lowest BCUT2D eigenvalue weighted by molar-refractivity contribution is 0.164. The minimum atomic E-state index is -0.227. The van der Waals surface area contributed by atoms with Crippen molar-refractivity contribution in [3.8, 4) is 6.07 Å². The van der Waals surface area contributed by atoms with Crippen molar-refractivity contribution in [3.63, 3.8) is 0 Å². The fraction of sp³-hybridized carbons (Fsp3) is 0.462. The van der Waals surface area contributed by atoms with Crippen molar-refractivity contribution in [2.75, 3.05) is 19.6 Å². The highest BCUT2D eigenvalue weighted by molar-refractivity contribution is 5.33. The molecule has 3 nitrogen and oxygen atoms in total. The smallest absolute Gasteiger partial charge is 0.127 e. The third-order valence-electron chi connectivity index (χ3n) is 3.19. The first kappa shape index (κ1) is 12.0. The van der Waals surface area contributed by atoms with Crippen molar-refractivity contribution < 1.29 is 4.39 Å². The molecule has 1 aromatic rings. The molecule has 1 saturated heterocycles. The first-order chi connectivity index (χ1) is 8.20. The van der Waals surface area contributed by atoms with Crippen molar-refractivity contribution in [2.45, 2.75) is 19.5 Å². The van der Waals surface area contributed by atoms with Crippen LogP contribution < -0.4 is 5.32 Å². The minimum Gasteiger partial charge on any atom is -0.314 e. The number of hydrogen-bond donors (Lipinski definition) is 1. The molecule has 1 atom stereocenters. The Balaban J connectivity index is 2.14. The van der Waals surface area contributed by atoms with E-state index in [-0.39, 0.29) is 5.82 Å². The average Bonchev–Trinajstić information content (AvgIpc) is 2.35. The molecule has 0 aliphatic carbocycles. The molecule has 17 heavy (non-hydrogen) atoms. The first-order valence-corrected chi connectivity index (χ1v) is 5.84. The highest BCUT2D eigenvalue weighted by Crippen LogP contribution is 2.15. The molecule has 0 amide bonds. The van der Waals surface area contributed by atoms with Crippen molar-refractivity contribution in [3.05, 3.63) is 35.1 Å². The zero-order chi connectivity index (χ0) is 12.3. The SMILES string of the molecule is C[C@H]1CNCCN1Cc1cc(C#N)ccc1F. The highest BCUT2D eigenvalue weighted by Gasteiger charge is 2.19. The maximum absolute atomic E-state index is 13.6. The normalized spacial score (nSPS) is 21.1. The Morgan fingerprint density at radius 2 is 2.41 bits per heavy atom. The average molecular weight is 233 g/mol. The molecule has 1 fully saturated rings. The number of nitrogens with one attached hydrogen (secondary N) is 1. The van der Waals surface area contributed by atoms with Crippen LogP contribution in [-0.2, 0) is 6.54 Å². The van der Waals surface area contributed by atoms with Crippen LogP contribution in [0.2, 0.25) is 0 Å². The number of nitrogens with zero attached hydrogens (tertiary/aromatic N) is 2. The van der Waals surface area contributed by atoms with Crippen LogP contribution >= 0.6 is 0 Å². The molecule has 0 bridgehead atoms. The van der Waals surface area contributed by atoms with Gasteiger partial charge in [-0.2, -0.15) is 5.26 Å². The van der Waals surface area contributed by atoms with Gasteiger partial charge in [-0.3, -0.25) is 4.90 Å². The molecular weight excluding hydrogens is 217 g/mol. The van der Waals surface area contributed by atoms with Gasteiger partial charge in [0.15, 0.2) is 0 Å². The van der Waals surface area contributed by atoms with Gasteiger partial charge in [-0.15, -0.1) is 0 Å². The van der Waals surface area contributed by atoms with E-state index < -0.39 is 0 Å². The van der Waals surface area contributed by atoms with Crippen LogP contribution in [-0.4, -0.2) is 30.6 Å². The van der Waals surface area contributed by atoms with Gasteiger partial charge in [0, 0.05) is 37.8 Å². The number of benzene rings is 1. The molecule has 0 aromatic heterocycles. The molecule has 2 rings (SSSR count). The third kappa shape index (κ3) is 2.82. The van der Waals surface area contributed by atoms with Crippen LogP contribution in [0.15, 0.2) is 18.2 Å². The lowest BCUT2D eigenvalue weighted by atomic mass is 10.1. The van der Waals surface area contributed by atoms with Crippen LogP contribution in [0, 0.1) is 17.1 Å². The fourth-order valence-electron chi connectivity index (χ4n) is 2.10. The van der Waals surface area contributed by atoms with Crippen LogP contribution in [0.4, 0.5) is 4.39 Å². The second-order valence-electron chi connectivity index (χ2n) is 4.44. The van der Waals surface area contributed by atoms with Crippen LogP contribution in [0.3, 0.4) is 0 Å². The predicted molar refractivity (Wildman–Crippen MR) is 63.9 cm³/mol. The molecule has 0 radical (unpaired) electrons. The predicted octanol–water partition coefficient (Wildman–Crippen LogP) is 1.49. The zero-order valence-electron chi connectivity index (χ0n) is 9.91. The third-order valence-corrected chi connectivity index (χ3v) is 3.19. The number of hydrogen-bond acceptors (Lipinski definition) is 3. The van der Waals surface area contributed by atoms with Gasteiger partial charge in [-0.25, -0.2) is 4.39 Å². The number of rotatable bonds is 2. The van der Waals surface area contributed by atoms with Gasteiger partial charge in [0.05, 0.1) is 11.6 Å². The summed E-state index contributed by atoms with van der Waals surface area (Å²) in [4.78, 5) is 2.23. The molecule has 0 saturated carbocycles. The van der Waals surface area contributed by atoms with Gasteiger partial charge < -0.3 is 5.32 Å². The van der Waals surface area contributed by atoms with Crippen LogP contribution in [0.25, 0.3) is 0 Å². The second kappa shape index (κ2) is 5.26. The Bertz CT molecular complexity index is 439. The molecule has 1 heterocycles. The van der Waals surface area contributed by atoms with Gasteiger partial charge in [-0.05, 0) is 25.1 Å². The summed E-state index contributed by atoms with van der Waals surface area (Å²) in [5.41, 5.74) is 1.13. The number of nitriles is 1. The molecule has 0 unspecified atom stereocenters. The second-order valence-corrected chi connectivity index (χ2v) is 4.44. The van der Waals surface area contributed by atoms with E-state index in [9.17, 15) is 4.39 Å². The zero-order valence-corrected chi connectivity index (χ0v) is 9.91. The molecular formula is C13H16FN3. The summed E-state index contributed by atoms with van der Waals surface area (Å²) in [6.45, 7) is 5.48. The van der Waals surface area contributed by atoms with E-state index in [0.717, 1.165) is 19.6 Å². The molecule has 1 aromatic carbocycles. The van der Waals surface area contributed by atoms with Crippen molar-refractivity contribution >= 4 is 0 Å². The molecule has 1 N–H and O–H groups in total. The van der Waals surface area contributed by atoms with E-state index in [4.69, 9.17) is 5.26 Å². The topological polar surface area (TPSA) is 39.1 Å². The summed E-state index contributed by atoms with van der Waals surface area (Å²) in [6, 6.07) is 6.98. The summed E-state index contributed by atoms with van der Waals surface area (Å²) in [5.74, 6) is -0.227. The highest BCUT2D eigenvalue weighted by atomic mass is 19.1. The summed E-state index contributed by atoms with van der Waals surface area (Å²) < 4.78 is 13.6. The van der Waals surface area contributed by atoms with E-state index in [0.29, 0.717) is 23.7 Å². The van der Waals surface area contributed by atoms with Crippen molar-refractivity contribution in [2.24, 2.45) is 0 Å². The fourth-order valence-corrected chi connectivity index (χ4v) is 2.10. The first-order valence-electron chi connectivity index (χ1n) is 5.84. The van der Waals surface area contributed by atoms with Gasteiger partial charge in [0.1, 0.15) is 5.82 Å². The molecule has 90 valence electrons. The van der Waals surface area contributed by atoms with E-state index in [1.807, 2.05) is 6.07 Å². The summed E-state index contributed by atoms with van der Waals surface area (Å²) >= 11 is 0. The summed E-state index contributed by atoms with van der Waals surface area (Å²) in [6.07, 6.45) is 0. The summed E-state index contributed by atoms with van der Waals surface area (Å²) in [5, 5.41) is 12.1. The standard InChI is InChI=1S/C13H16FN3/c1-10-8-16-4-5-17(10)9-12-6-11(7-15)2-3-13(12)14/h2-3,6,10,16H,4-5,8-9H2,1H3/t10-/m0/s1. The Morgan fingerprint density at radius 1 is 1.59 bits per heavy atom. The Labute approximate surface area is 101 Å². The lowest BCUT2D eigenvalue weighted by Crippen LogP contribution is -2.49. The summed E-state index contributed by atoms with van der Waals surface area (Å²) in [7, 11) is 0. The van der Waals surface area contributed by atoms with Crippen molar-refractivity contribution in [1.82, 2.24) is 10.2 Å². The van der Waals surface area contributed by atoms with E-state index >= 15 is 0 Å². The molecule has 0 spiro atoms. The van der Waals surface area contributed by atoms with Gasteiger partial charge in [-0.1, -0.05) is 0 Å². The van der Waals surface area contributed by atoms with Crippen molar-refractivity contribution in [1.29, 1.82) is 5.26 Å².